The van der Waals surface area contributed by atoms with E-state index in [4.69, 9.17) is 0 Å². The van der Waals surface area contributed by atoms with Gasteiger partial charge in [0.05, 0.1) is 11.9 Å². The maximum absolute atomic E-state index is 14.1. The van der Waals surface area contributed by atoms with Gasteiger partial charge in [-0.1, -0.05) is 78.4 Å². The fourth-order valence-electron chi connectivity index (χ4n) is 4.63. The summed E-state index contributed by atoms with van der Waals surface area (Å²) in [7, 11) is -3.80. The van der Waals surface area contributed by atoms with Gasteiger partial charge < -0.3 is 10.2 Å². The van der Waals surface area contributed by atoms with E-state index in [0.717, 1.165) is 38.4 Å². The zero-order valence-electron chi connectivity index (χ0n) is 22.8. The average molecular weight is 536 g/mol. The Labute approximate surface area is 226 Å². The Bertz CT molecular complexity index is 1350. The standard InChI is InChI=1S/C30H37N3O4S/c1-6-31-30(35)27(19-25-15-8-7-9-16-25)32(20-26-17-10-12-22(2)18-26)28(34)21-33(38(5,36)37)29-23(3)13-11-14-24(29)4/h7-18,27H,6,19-21H2,1-5H3,(H,31,35)/t27-/m0/s1. The number of rotatable bonds is 11. The molecular formula is C30H37N3O4S. The first-order valence-corrected chi connectivity index (χ1v) is 14.6. The molecule has 0 radical (unpaired) electrons. The van der Waals surface area contributed by atoms with Crippen molar-refractivity contribution in [2.45, 2.75) is 46.7 Å². The van der Waals surface area contributed by atoms with Crippen molar-refractivity contribution < 1.29 is 18.0 Å². The molecule has 3 aromatic rings. The van der Waals surface area contributed by atoms with Gasteiger partial charge in [0.15, 0.2) is 0 Å². The highest BCUT2D eigenvalue weighted by Crippen LogP contribution is 2.27. The number of anilines is 1. The molecular weight excluding hydrogens is 498 g/mol. The molecule has 0 spiro atoms. The highest BCUT2D eigenvalue weighted by atomic mass is 32.2. The summed E-state index contributed by atoms with van der Waals surface area (Å²) in [5, 5.41) is 2.87. The molecule has 0 unspecified atom stereocenters. The van der Waals surface area contributed by atoms with Crippen LogP contribution < -0.4 is 9.62 Å². The van der Waals surface area contributed by atoms with Gasteiger partial charge in [0, 0.05) is 19.5 Å². The van der Waals surface area contributed by atoms with Crippen LogP contribution in [0.5, 0.6) is 0 Å². The maximum atomic E-state index is 14.1. The third kappa shape index (κ3) is 7.44. The molecule has 3 rings (SSSR count). The molecule has 0 bridgehead atoms. The van der Waals surface area contributed by atoms with Gasteiger partial charge in [0.1, 0.15) is 12.6 Å². The average Bonchev–Trinajstić information content (AvgIpc) is 2.85. The number of aryl methyl sites for hydroxylation is 3. The van der Waals surface area contributed by atoms with Gasteiger partial charge in [-0.2, -0.15) is 0 Å². The van der Waals surface area contributed by atoms with Crippen LogP contribution in [0.25, 0.3) is 0 Å². The van der Waals surface area contributed by atoms with Crippen LogP contribution in [-0.4, -0.2) is 50.5 Å². The minimum Gasteiger partial charge on any atom is -0.355 e. The molecule has 0 saturated heterocycles. The first kappa shape index (κ1) is 28.9. The molecule has 0 fully saturated rings. The summed E-state index contributed by atoms with van der Waals surface area (Å²) in [5.74, 6) is -0.734. The summed E-state index contributed by atoms with van der Waals surface area (Å²) < 4.78 is 27.1. The normalized spacial score (nSPS) is 12.0. The van der Waals surface area contributed by atoms with Crippen molar-refractivity contribution in [1.29, 1.82) is 0 Å². The number of para-hydroxylation sites is 1. The molecule has 0 heterocycles. The van der Waals surface area contributed by atoms with Crippen LogP contribution in [0.3, 0.4) is 0 Å². The van der Waals surface area contributed by atoms with Gasteiger partial charge in [-0.05, 0) is 49.9 Å². The number of hydrogen-bond donors (Lipinski definition) is 1. The summed E-state index contributed by atoms with van der Waals surface area (Å²) in [6.07, 6.45) is 1.40. The number of carbonyl (C=O) groups excluding carboxylic acids is 2. The van der Waals surface area contributed by atoms with Gasteiger partial charge in [0.25, 0.3) is 0 Å². The predicted octanol–water partition coefficient (Wildman–Crippen LogP) is 4.15. The third-order valence-corrected chi connectivity index (χ3v) is 7.54. The van der Waals surface area contributed by atoms with Crippen LogP contribution in [0.15, 0.2) is 72.8 Å². The lowest BCUT2D eigenvalue weighted by atomic mass is 10.0. The molecule has 38 heavy (non-hydrogen) atoms. The Balaban J connectivity index is 2.08. The second-order valence-electron chi connectivity index (χ2n) is 9.62. The van der Waals surface area contributed by atoms with Crippen LogP contribution in [0, 0.1) is 20.8 Å². The minimum absolute atomic E-state index is 0.166. The molecule has 0 aliphatic heterocycles. The number of nitrogens with zero attached hydrogens (tertiary/aromatic N) is 2. The van der Waals surface area contributed by atoms with Crippen LogP contribution >= 0.6 is 0 Å². The van der Waals surface area contributed by atoms with Crippen molar-refractivity contribution in [2.24, 2.45) is 0 Å². The first-order chi connectivity index (χ1) is 18.0. The second kappa shape index (κ2) is 12.7. The summed E-state index contributed by atoms with van der Waals surface area (Å²) >= 11 is 0. The lowest BCUT2D eigenvalue weighted by Gasteiger charge is -2.34. The third-order valence-electron chi connectivity index (χ3n) is 6.43. The molecule has 0 aliphatic carbocycles. The van der Waals surface area contributed by atoms with Crippen LogP contribution in [-0.2, 0) is 32.6 Å². The van der Waals surface area contributed by atoms with Crippen LogP contribution in [0.4, 0.5) is 5.69 Å². The number of hydrogen-bond acceptors (Lipinski definition) is 4. The van der Waals surface area contributed by atoms with Crippen molar-refractivity contribution in [3.63, 3.8) is 0 Å². The highest BCUT2D eigenvalue weighted by molar-refractivity contribution is 7.92. The topological polar surface area (TPSA) is 86.8 Å². The Morgan fingerprint density at radius 2 is 1.47 bits per heavy atom. The van der Waals surface area contributed by atoms with E-state index >= 15 is 0 Å². The predicted molar refractivity (Wildman–Crippen MR) is 152 cm³/mol. The van der Waals surface area contributed by atoms with E-state index in [1.165, 1.54) is 4.90 Å². The molecule has 0 aromatic heterocycles. The zero-order valence-corrected chi connectivity index (χ0v) is 23.6. The van der Waals surface area contributed by atoms with Gasteiger partial charge in [-0.3, -0.25) is 13.9 Å². The fraction of sp³-hybridized carbons (Fsp3) is 0.333. The van der Waals surface area contributed by atoms with Crippen molar-refractivity contribution in [1.82, 2.24) is 10.2 Å². The van der Waals surface area contributed by atoms with E-state index in [1.807, 2.05) is 100 Å². The molecule has 0 aliphatic rings. The lowest BCUT2D eigenvalue weighted by molar-refractivity contribution is -0.140. The number of carbonyl (C=O) groups is 2. The fourth-order valence-corrected chi connectivity index (χ4v) is 5.59. The zero-order chi connectivity index (χ0) is 27.9. The van der Waals surface area contributed by atoms with Crippen molar-refractivity contribution in [3.05, 3.63) is 101 Å². The molecule has 8 heteroatoms. The molecule has 1 N–H and O–H groups in total. The Morgan fingerprint density at radius 1 is 0.868 bits per heavy atom. The van der Waals surface area contributed by atoms with E-state index in [9.17, 15) is 18.0 Å². The monoisotopic (exact) mass is 535 g/mol. The molecule has 1 atom stereocenters. The minimum atomic E-state index is -3.80. The maximum Gasteiger partial charge on any atom is 0.244 e. The number of sulfonamides is 1. The van der Waals surface area contributed by atoms with Gasteiger partial charge >= 0.3 is 0 Å². The molecule has 2 amide bonds. The number of likely N-dealkylation sites (N-methyl/N-ethyl adjacent to an activating group) is 1. The van der Waals surface area contributed by atoms with Gasteiger partial charge in [-0.25, -0.2) is 8.42 Å². The number of nitrogens with one attached hydrogen (secondary N) is 1. The highest BCUT2D eigenvalue weighted by Gasteiger charge is 2.33. The van der Waals surface area contributed by atoms with E-state index in [-0.39, 0.29) is 12.5 Å². The first-order valence-electron chi connectivity index (χ1n) is 12.7. The van der Waals surface area contributed by atoms with Crippen LogP contribution in [0.1, 0.15) is 34.7 Å². The van der Waals surface area contributed by atoms with E-state index < -0.39 is 28.5 Å². The Hall–Kier alpha value is -3.65. The molecule has 7 nitrogen and oxygen atoms in total. The van der Waals surface area contributed by atoms with Crippen molar-refractivity contribution in [2.75, 3.05) is 23.7 Å². The Kier molecular flexibility index (Phi) is 9.69. The van der Waals surface area contributed by atoms with Crippen LogP contribution in [0.2, 0.25) is 0 Å². The quantitative estimate of drug-likeness (QED) is 0.400. The molecule has 202 valence electrons. The Morgan fingerprint density at radius 3 is 2.05 bits per heavy atom. The number of amides is 2. The summed E-state index contributed by atoms with van der Waals surface area (Å²) in [6, 6.07) is 21.9. The van der Waals surface area contributed by atoms with E-state index in [2.05, 4.69) is 5.32 Å². The van der Waals surface area contributed by atoms with E-state index in [1.54, 1.807) is 0 Å². The summed E-state index contributed by atoms with van der Waals surface area (Å²) in [6.45, 7) is 7.60. The summed E-state index contributed by atoms with van der Waals surface area (Å²) in [4.78, 5) is 29.0. The largest absolute Gasteiger partial charge is 0.355 e. The second-order valence-corrected chi connectivity index (χ2v) is 11.5. The van der Waals surface area contributed by atoms with E-state index in [0.29, 0.717) is 18.7 Å². The van der Waals surface area contributed by atoms with Crippen molar-refractivity contribution >= 4 is 27.5 Å². The molecule has 3 aromatic carbocycles. The van der Waals surface area contributed by atoms with Crippen molar-refractivity contribution in [3.8, 4) is 0 Å². The summed E-state index contributed by atoms with van der Waals surface area (Å²) in [5.41, 5.74) is 4.77. The lowest BCUT2D eigenvalue weighted by Crippen LogP contribution is -2.53. The smallest absolute Gasteiger partial charge is 0.244 e. The number of benzene rings is 3. The SMILES string of the molecule is CCNC(=O)[C@H](Cc1ccccc1)N(Cc1cccc(C)c1)C(=O)CN(c1c(C)cccc1C)S(C)(=O)=O. The van der Waals surface area contributed by atoms with Gasteiger partial charge in [-0.15, -0.1) is 0 Å². The van der Waals surface area contributed by atoms with Gasteiger partial charge in [0.2, 0.25) is 21.8 Å². The molecule has 0 saturated carbocycles.